The Morgan fingerprint density at radius 2 is 1.81 bits per heavy atom. The Labute approximate surface area is 130 Å². The predicted octanol–water partition coefficient (Wildman–Crippen LogP) is 3.20. The zero-order valence-corrected chi connectivity index (χ0v) is 12.6. The zero-order chi connectivity index (χ0) is 15.2. The Bertz CT molecular complexity index is 694. The van der Waals surface area contributed by atoms with Crippen molar-refractivity contribution in [1.29, 1.82) is 0 Å². The molecule has 0 saturated carbocycles. The molecule has 4 nitrogen and oxygen atoms in total. The lowest BCUT2D eigenvalue weighted by Crippen LogP contribution is -2.11. The fourth-order valence-electron chi connectivity index (χ4n) is 1.68. The van der Waals surface area contributed by atoms with Gasteiger partial charge in [0, 0.05) is 21.8 Å². The number of anilines is 1. The van der Waals surface area contributed by atoms with Gasteiger partial charge in [0.2, 0.25) is 11.8 Å². The molecule has 0 aliphatic heterocycles. The van der Waals surface area contributed by atoms with E-state index in [2.05, 4.69) is 21.2 Å². The zero-order valence-electron chi connectivity index (χ0n) is 11.0. The molecule has 0 heterocycles. The van der Waals surface area contributed by atoms with Gasteiger partial charge in [0.05, 0.1) is 0 Å². The van der Waals surface area contributed by atoms with Crippen molar-refractivity contribution in [2.45, 2.75) is 0 Å². The average molecular weight is 345 g/mol. The fourth-order valence-corrected chi connectivity index (χ4v) is 2.10. The van der Waals surface area contributed by atoms with Gasteiger partial charge >= 0.3 is 0 Å². The molecule has 0 aliphatic carbocycles. The predicted molar refractivity (Wildman–Crippen MR) is 86.8 cm³/mol. The molecule has 0 spiro atoms. The second kappa shape index (κ2) is 6.85. The summed E-state index contributed by atoms with van der Waals surface area (Å²) >= 11 is 3.37. The topological polar surface area (TPSA) is 72.2 Å². The van der Waals surface area contributed by atoms with Crippen molar-refractivity contribution in [1.82, 2.24) is 0 Å². The van der Waals surface area contributed by atoms with Crippen LogP contribution >= 0.6 is 15.9 Å². The minimum absolute atomic E-state index is 0.248. The molecule has 106 valence electrons. The summed E-state index contributed by atoms with van der Waals surface area (Å²) in [5.41, 5.74) is 7.07. The Morgan fingerprint density at radius 1 is 1.10 bits per heavy atom. The maximum absolute atomic E-state index is 11.8. The smallest absolute Gasteiger partial charge is 0.248 e. The van der Waals surface area contributed by atoms with E-state index in [1.54, 1.807) is 30.3 Å². The van der Waals surface area contributed by atoms with E-state index in [-0.39, 0.29) is 5.91 Å². The lowest BCUT2D eigenvalue weighted by Gasteiger charge is -2.02. The summed E-state index contributed by atoms with van der Waals surface area (Å²) in [6, 6.07) is 14.0. The first-order chi connectivity index (χ1) is 10.0. The maximum Gasteiger partial charge on any atom is 0.248 e. The number of amides is 2. The van der Waals surface area contributed by atoms with Crippen LogP contribution in [0.5, 0.6) is 0 Å². The van der Waals surface area contributed by atoms with Gasteiger partial charge in [-0.3, -0.25) is 9.59 Å². The third-order valence-corrected chi connectivity index (χ3v) is 3.21. The van der Waals surface area contributed by atoms with Gasteiger partial charge in [0.15, 0.2) is 0 Å². The van der Waals surface area contributed by atoms with Crippen molar-refractivity contribution in [3.8, 4) is 0 Å². The minimum Gasteiger partial charge on any atom is -0.366 e. The number of hydrogen-bond acceptors (Lipinski definition) is 2. The number of carbonyl (C=O) groups excluding carboxylic acids is 2. The molecule has 0 radical (unpaired) electrons. The molecule has 0 aromatic heterocycles. The number of carbonyl (C=O) groups is 2. The molecule has 0 aliphatic rings. The van der Waals surface area contributed by atoms with E-state index >= 15 is 0 Å². The Hall–Kier alpha value is -2.40. The monoisotopic (exact) mass is 344 g/mol. The summed E-state index contributed by atoms with van der Waals surface area (Å²) in [5, 5.41) is 2.70. The molecule has 2 aromatic rings. The highest BCUT2D eigenvalue weighted by atomic mass is 79.9. The van der Waals surface area contributed by atoms with Crippen molar-refractivity contribution in [3.05, 3.63) is 70.2 Å². The van der Waals surface area contributed by atoms with Crippen molar-refractivity contribution in [2.75, 3.05) is 5.32 Å². The highest BCUT2D eigenvalue weighted by Crippen LogP contribution is 2.13. The van der Waals surface area contributed by atoms with Crippen LogP contribution in [0, 0.1) is 0 Å². The SMILES string of the molecule is NC(=O)c1ccc(NC(=O)C=Cc2cccc(Br)c2)cc1. The normalized spacial score (nSPS) is 10.5. The van der Waals surface area contributed by atoms with Gasteiger partial charge in [-0.2, -0.15) is 0 Å². The molecule has 3 N–H and O–H groups in total. The standard InChI is InChI=1S/C16H13BrN2O2/c17-13-3-1-2-11(10-13)4-9-15(20)19-14-7-5-12(6-8-14)16(18)21/h1-10H,(H2,18,21)(H,19,20). The van der Waals surface area contributed by atoms with Gasteiger partial charge in [-0.05, 0) is 48.0 Å². The number of halogens is 1. The van der Waals surface area contributed by atoms with E-state index in [0.29, 0.717) is 11.3 Å². The molecule has 0 bridgehead atoms. The average Bonchev–Trinajstić information content (AvgIpc) is 2.46. The minimum atomic E-state index is -0.498. The van der Waals surface area contributed by atoms with Crippen LogP contribution in [0.15, 0.2) is 59.1 Å². The van der Waals surface area contributed by atoms with E-state index in [4.69, 9.17) is 5.73 Å². The molecule has 21 heavy (non-hydrogen) atoms. The molecule has 0 fully saturated rings. The summed E-state index contributed by atoms with van der Waals surface area (Å²) in [7, 11) is 0. The molecule has 2 amide bonds. The number of benzene rings is 2. The second-order valence-electron chi connectivity index (χ2n) is 4.32. The summed E-state index contributed by atoms with van der Waals surface area (Å²) in [5.74, 6) is -0.746. The van der Waals surface area contributed by atoms with Crippen molar-refractivity contribution < 1.29 is 9.59 Å². The Balaban J connectivity index is 1.99. The number of nitrogens with one attached hydrogen (secondary N) is 1. The first-order valence-corrected chi connectivity index (χ1v) is 6.98. The van der Waals surface area contributed by atoms with E-state index < -0.39 is 5.91 Å². The van der Waals surface area contributed by atoms with Crippen LogP contribution in [0.3, 0.4) is 0 Å². The fraction of sp³-hybridized carbons (Fsp3) is 0. The van der Waals surface area contributed by atoms with Gasteiger partial charge in [-0.25, -0.2) is 0 Å². The molecular formula is C16H13BrN2O2. The molecule has 0 unspecified atom stereocenters. The number of primary amides is 1. The van der Waals surface area contributed by atoms with Gasteiger partial charge in [-0.15, -0.1) is 0 Å². The highest BCUT2D eigenvalue weighted by Gasteiger charge is 2.01. The summed E-state index contributed by atoms with van der Waals surface area (Å²) in [6.07, 6.45) is 3.17. The first kappa shape index (κ1) is 15.0. The molecule has 2 aromatic carbocycles. The summed E-state index contributed by atoms with van der Waals surface area (Å²) in [4.78, 5) is 22.7. The number of rotatable bonds is 4. The van der Waals surface area contributed by atoms with E-state index in [1.807, 2.05) is 24.3 Å². The Morgan fingerprint density at radius 3 is 2.43 bits per heavy atom. The summed E-state index contributed by atoms with van der Waals surface area (Å²) in [6.45, 7) is 0. The van der Waals surface area contributed by atoms with Crippen LogP contribution in [0.25, 0.3) is 6.08 Å². The molecule has 5 heteroatoms. The maximum atomic E-state index is 11.8. The van der Waals surface area contributed by atoms with Crippen LogP contribution < -0.4 is 11.1 Å². The van der Waals surface area contributed by atoms with Crippen LogP contribution in [0.1, 0.15) is 15.9 Å². The van der Waals surface area contributed by atoms with E-state index in [0.717, 1.165) is 10.0 Å². The highest BCUT2D eigenvalue weighted by molar-refractivity contribution is 9.10. The van der Waals surface area contributed by atoms with Crippen LogP contribution in [0.2, 0.25) is 0 Å². The third-order valence-electron chi connectivity index (χ3n) is 2.71. The molecule has 2 rings (SSSR count). The lowest BCUT2D eigenvalue weighted by atomic mass is 10.2. The number of hydrogen-bond donors (Lipinski definition) is 2. The van der Waals surface area contributed by atoms with Crippen molar-refractivity contribution in [2.24, 2.45) is 5.73 Å². The van der Waals surface area contributed by atoms with Crippen LogP contribution in [-0.2, 0) is 4.79 Å². The van der Waals surface area contributed by atoms with Gasteiger partial charge in [0.25, 0.3) is 0 Å². The van der Waals surface area contributed by atoms with Gasteiger partial charge < -0.3 is 11.1 Å². The largest absolute Gasteiger partial charge is 0.366 e. The van der Waals surface area contributed by atoms with E-state index in [1.165, 1.54) is 6.08 Å². The summed E-state index contributed by atoms with van der Waals surface area (Å²) < 4.78 is 0.951. The van der Waals surface area contributed by atoms with Gasteiger partial charge in [0.1, 0.15) is 0 Å². The Kier molecular flexibility index (Phi) is 4.90. The molecule has 0 atom stereocenters. The third kappa shape index (κ3) is 4.57. The van der Waals surface area contributed by atoms with Gasteiger partial charge in [-0.1, -0.05) is 28.1 Å². The van der Waals surface area contributed by atoms with Crippen molar-refractivity contribution >= 4 is 39.5 Å². The lowest BCUT2D eigenvalue weighted by molar-refractivity contribution is -0.111. The first-order valence-electron chi connectivity index (χ1n) is 6.19. The van der Waals surface area contributed by atoms with Crippen LogP contribution in [-0.4, -0.2) is 11.8 Å². The van der Waals surface area contributed by atoms with Crippen molar-refractivity contribution in [3.63, 3.8) is 0 Å². The van der Waals surface area contributed by atoms with Crippen LogP contribution in [0.4, 0.5) is 5.69 Å². The van der Waals surface area contributed by atoms with E-state index in [9.17, 15) is 9.59 Å². The molecular weight excluding hydrogens is 332 g/mol. The quantitative estimate of drug-likeness (QED) is 0.836. The number of nitrogens with two attached hydrogens (primary N) is 1. The second-order valence-corrected chi connectivity index (χ2v) is 5.23. The molecule has 0 saturated heterocycles.